The molecule has 1 rings (SSSR count). The zero-order valence-corrected chi connectivity index (χ0v) is 10.8. The van der Waals surface area contributed by atoms with Gasteiger partial charge in [-0.25, -0.2) is 8.78 Å². The molecule has 0 spiro atoms. The van der Waals surface area contributed by atoms with Gasteiger partial charge in [-0.15, -0.1) is 0 Å². The van der Waals surface area contributed by atoms with E-state index < -0.39 is 17.5 Å². The second-order valence-electron chi connectivity index (χ2n) is 4.22. The Bertz CT molecular complexity index is 453. The Morgan fingerprint density at radius 3 is 2.53 bits per heavy atom. The van der Waals surface area contributed by atoms with Crippen molar-refractivity contribution in [3.63, 3.8) is 0 Å². The molecule has 0 saturated heterocycles. The molecule has 1 aromatic rings. The number of aliphatic hydroxyl groups is 1. The highest BCUT2D eigenvalue weighted by atomic mass is 19.2. The summed E-state index contributed by atoms with van der Waals surface area (Å²) in [5.74, 6) is -2.70. The maximum Gasteiger partial charge on any atom is 0.256 e. The van der Waals surface area contributed by atoms with Gasteiger partial charge in [-0.2, -0.15) is 0 Å². The number of carbonyl (C=O) groups excluding carboxylic acids is 1. The number of hydrogen-bond donors (Lipinski definition) is 2. The molecule has 0 bridgehead atoms. The molecule has 0 radical (unpaired) electrons. The summed E-state index contributed by atoms with van der Waals surface area (Å²) < 4.78 is 26.1. The van der Waals surface area contributed by atoms with Crippen molar-refractivity contribution in [1.29, 1.82) is 0 Å². The van der Waals surface area contributed by atoms with Crippen LogP contribution in [0.5, 0.6) is 0 Å². The lowest BCUT2D eigenvalue weighted by Crippen LogP contribution is -2.35. The molecule has 4 nitrogen and oxygen atoms in total. The topological polar surface area (TPSA) is 66.6 Å². The van der Waals surface area contributed by atoms with Crippen molar-refractivity contribution in [1.82, 2.24) is 4.90 Å². The standard InChI is InChI=1S/C13H18F2N2O2/c1-2-3-4-17(5-6-18)13(19)9-7-10(14)11(15)8-12(9)16/h7-8,18H,2-6,16H2,1H3. The number of anilines is 1. The van der Waals surface area contributed by atoms with Gasteiger partial charge in [-0.1, -0.05) is 13.3 Å². The van der Waals surface area contributed by atoms with Gasteiger partial charge in [0.15, 0.2) is 11.6 Å². The van der Waals surface area contributed by atoms with Gasteiger partial charge in [0, 0.05) is 24.8 Å². The van der Waals surface area contributed by atoms with E-state index in [1.54, 1.807) is 0 Å². The molecule has 0 aliphatic heterocycles. The lowest BCUT2D eigenvalue weighted by atomic mass is 10.1. The van der Waals surface area contributed by atoms with E-state index in [0.29, 0.717) is 6.54 Å². The average Bonchev–Trinajstić information content (AvgIpc) is 2.38. The molecule has 0 atom stereocenters. The van der Waals surface area contributed by atoms with Crippen LogP contribution in [0.2, 0.25) is 0 Å². The predicted octanol–water partition coefficient (Wildman–Crippen LogP) is 1.78. The summed E-state index contributed by atoms with van der Waals surface area (Å²) >= 11 is 0. The zero-order chi connectivity index (χ0) is 14.4. The van der Waals surface area contributed by atoms with Crippen LogP contribution in [0.25, 0.3) is 0 Å². The normalized spacial score (nSPS) is 10.5. The minimum absolute atomic E-state index is 0.0801. The van der Waals surface area contributed by atoms with E-state index in [-0.39, 0.29) is 24.4 Å². The first kappa shape index (κ1) is 15.4. The Labute approximate surface area is 110 Å². The SMILES string of the molecule is CCCCN(CCO)C(=O)c1cc(F)c(F)cc1N. The summed E-state index contributed by atoms with van der Waals surface area (Å²) in [4.78, 5) is 13.6. The minimum atomic E-state index is -1.11. The van der Waals surface area contributed by atoms with Crippen molar-refractivity contribution in [3.05, 3.63) is 29.3 Å². The molecule has 0 unspecified atom stereocenters. The number of nitrogens with zero attached hydrogens (tertiary/aromatic N) is 1. The van der Waals surface area contributed by atoms with Crippen molar-refractivity contribution >= 4 is 11.6 Å². The fourth-order valence-corrected chi connectivity index (χ4v) is 1.70. The van der Waals surface area contributed by atoms with Crippen LogP contribution < -0.4 is 5.73 Å². The molecule has 0 fully saturated rings. The zero-order valence-electron chi connectivity index (χ0n) is 10.8. The van der Waals surface area contributed by atoms with Gasteiger partial charge in [-0.05, 0) is 12.5 Å². The minimum Gasteiger partial charge on any atom is -0.398 e. The fourth-order valence-electron chi connectivity index (χ4n) is 1.70. The van der Waals surface area contributed by atoms with Crippen molar-refractivity contribution in [2.24, 2.45) is 0 Å². The second-order valence-corrected chi connectivity index (χ2v) is 4.22. The molecule has 19 heavy (non-hydrogen) atoms. The summed E-state index contributed by atoms with van der Waals surface area (Å²) in [6, 6.07) is 1.59. The summed E-state index contributed by atoms with van der Waals surface area (Å²) in [5, 5.41) is 8.94. The van der Waals surface area contributed by atoms with Crippen LogP contribution in [0.3, 0.4) is 0 Å². The van der Waals surface area contributed by atoms with Crippen LogP contribution in [-0.4, -0.2) is 35.6 Å². The number of nitrogen functional groups attached to an aromatic ring is 1. The largest absolute Gasteiger partial charge is 0.398 e. The lowest BCUT2D eigenvalue weighted by molar-refractivity contribution is 0.0720. The number of amides is 1. The molecule has 106 valence electrons. The molecule has 0 heterocycles. The van der Waals surface area contributed by atoms with Gasteiger partial charge in [0.05, 0.1) is 12.2 Å². The van der Waals surface area contributed by atoms with Crippen LogP contribution in [-0.2, 0) is 0 Å². The molecule has 0 saturated carbocycles. The molecular weight excluding hydrogens is 254 g/mol. The number of unbranched alkanes of at least 4 members (excludes halogenated alkanes) is 1. The molecule has 3 N–H and O–H groups in total. The molecular formula is C13H18F2N2O2. The number of halogens is 2. The fraction of sp³-hybridized carbons (Fsp3) is 0.462. The summed E-state index contributed by atoms with van der Waals surface area (Å²) in [5.41, 5.74) is 5.35. The van der Waals surface area contributed by atoms with E-state index in [9.17, 15) is 13.6 Å². The first-order valence-corrected chi connectivity index (χ1v) is 6.15. The summed E-state index contributed by atoms with van der Waals surface area (Å²) in [7, 11) is 0. The molecule has 0 aliphatic carbocycles. The van der Waals surface area contributed by atoms with Crippen molar-refractivity contribution in [2.75, 3.05) is 25.4 Å². The van der Waals surface area contributed by atoms with Crippen LogP contribution in [0.1, 0.15) is 30.1 Å². The Morgan fingerprint density at radius 2 is 1.95 bits per heavy atom. The Kier molecular flexibility index (Phi) is 5.69. The van der Waals surface area contributed by atoms with Gasteiger partial charge in [0.2, 0.25) is 0 Å². The number of benzene rings is 1. The maximum atomic E-state index is 13.2. The van der Waals surface area contributed by atoms with E-state index in [1.807, 2.05) is 6.92 Å². The summed E-state index contributed by atoms with van der Waals surface area (Å²) in [6.45, 7) is 2.35. The van der Waals surface area contributed by atoms with Crippen LogP contribution in [0.15, 0.2) is 12.1 Å². The maximum absolute atomic E-state index is 13.2. The van der Waals surface area contributed by atoms with Gasteiger partial charge in [0.25, 0.3) is 5.91 Å². The number of nitrogens with two attached hydrogens (primary N) is 1. The Balaban J connectivity index is 2.98. The van der Waals surface area contributed by atoms with Crippen LogP contribution >= 0.6 is 0 Å². The third-order valence-corrected chi connectivity index (χ3v) is 2.76. The van der Waals surface area contributed by atoms with Gasteiger partial charge in [-0.3, -0.25) is 4.79 Å². The Morgan fingerprint density at radius 1 is 1.32 bits per heavy atom. The van der Waals surface area contributed by atoms with Gasteiger partial charge >= 0.3 is 0 Å². The number of rotatable bonds is 6. The first-order chi connectivity index (χ1) is 9.01. The lowest BCUT2D eigenvalue weighted by Gasteiger charge is -2.22. The average molecular weight is 272 g/mol. The number of aliphatic hydroxyl groups excluding tert-OH is 1. The van der Waals surface area contributed by atoms with Gasteiger partial charge < -0.3 is 15.7 Å². The predicted molar refractivity (Wildman–Crippen MR) is 68.7 cm³/mol. The summed E-state index contributed by atoms with van der Waals surface area (Å²) in [6.07, 6.45) is 1.64. The third kappa shape index (κ3) is 3.89. The molecule has 6 heteroatoms. The molecule has 0 aromatic heterocycles. The van der Waals surface area contributed by atoms with Gasteiger partial charge in [0.1, 0.15) is 0 Å². The van der Waals surface area contributed by atoms with Crippen molar-refractivity contribution in [2.45, 2.75) is 19.8 Å². The quantitative estimate of drug-likeness (QED) is 0.776. The monoisotopic (exact) mass is 272 g/mol. The highest BCUT2D eigenvalue weighted by molar-refractivity contribution is 5.99. The van der Waals surface area contributed by atoms with E-state index in [0.717, 1.165) is 25.0 Å². The van der Waals surface area contributed by atoms with Crippen LogP contribution in [0, 0.1) is 11.6 Å². The molecule has 0 aliphatic rings. The molecule has 1 amide bonds. The number of carbonyl (C=O) groups is 1. The van der Waals surface area contributed by atoms with E-state index in [1.165, 1.54) is 4.90 Å². The number of hydrogen-bond acceptors (Lipinski definition) is 3. The van der Waals surface area contributed by atoms with E-state index in [2.05, 4.69) is 0 Å². The second kappa shape index (κ2) is 7.04. The van der Waals surface area contributed by atoms with E-state index in [4.69, 9.17) is 10.8 Å². The van der Waals surface area contributed by atoms with Crippen molar-refractivity contribution in [3.8, 4) is 0 Å². The smallest absolute Gasteiger partial charge is 0.256 e. The highest BCUT2D eigenvalue weighted by Gasteiger charge is 2.19. The Hall–Kier alpha value is -1.69. The first-order valence-electron chi connectivity index (χ1n) is 6.15. The van der Waals surface area contributed by atoms with Crippen LogP contribution in [0.4, 0.5) is 14.5 Å². The third-order valence-electron chi connectivity index (χ3n) is 2.76. The molecule has 1 aromatic carbocycles. The highest BCUT2D eigenvalue weighted by Crippen LogP contribution is 2.19. The van der Waals surface area contributed by atoms with E-state index >= 15 is 0 Å². The van der Waals surface area contributed by atoms with Crippen molar-refractivity contribution < 1.29 is 18.7 Å².